The average molecular weight is 258 g/mol. The third-order valence-corrected chi connectivity index (χ3v) is 4.02. The zero-order valence-electron chi connectivity index (χ0n) is 9.16. The Labute approximate surface area is 105 Å². The van der Waals surface area contributed by atoms with E-state index in [1.165, 1.54) is 17.9 Å². The van der Waals surface area contributed by atoms with Gasteiger partial charge >= 0.3 is 0 Å². The Morgan fingerprint density at radius 1 is 1.38 bits per heavy atom. The molecule has 0 amide bonds. The molecule has 1 aliphatic heterocycles. The number of hydrogen-bond acceptors (Lipinski definition) is 4. The van der Waals surface area contributed by atoms with Gasteiger partial charge in [-0.05, 0) is 30.9 Å². The van der Waals surface area contributed by atoms with Gasteiger partial charge in [0, 0.05) is 18.8 Å². The Morgan fingerprint density at radius 2 is 2.25 bits per heavy atom. The second kappa shape index (κ2) is 5.75. The maximum Gasteiger partial charge on any atom is 0.123 e. The van der Waals surface area contributed by atoms with Gasteiger partial charge in [0.25, 0.3) is 0 Å². The van der Waals surface area contributed by atoms with Crippen molar-refractivity contribution in [1.82, 2.24) is 9.88 Å². The minimum atomic E-state index is 0.545. The normalized spacial score (nSPS) is 18.3. The first-order valence-electron chi connectivity index (χ1n) is 5.47. The minimum Gasteiger partial charge on any atom is -0.384 e. The minimum absolute atomic E-state index is 0.545. The second-order valence-electron chi connectivity index (χ2n) is 3.91. The topological polar surface area (TPSA) is 42.1 Å². The molecule has 1 fully saturated rings. The number of nitrogen functional groups attached to an aromatic ring is 1. The molecule has 3 nitrogen and oxygen atoms in total. The number of halogens is 1. The fraction of sp³-hybridized carbons (Fsp3) is 0.545. The zero-order chi connectivity index (χ0) is 11.4. The lowest BCUT2D eigenvalue weighted by Gasteiger charge is -2.19. The average Bonchev–Trinajstić information content (AvgIpc) is 2.52. The molecule has 0 unspecified atom stereocenters. The lowest BCUT2D eigenvalue weighted by atomic mass is 10.3. The van der Waals surface area contributed by atoms with Crippen LogP contribution in [0.5, 0.6) is 0 Å². The van der Waals surface area contributed by atoms with Gasteiger partial charge in [0.05, 0.1) is 10.7 Å². The Kier molecular flexibility index (Phi) is 4.32. The lowest BCUT2D eigenvalue weighted by molar-refractivity contribution is 0.284. The van der Waals surface area contributed by atoms with Gasteiger partial charge in [0.2, 0.25) is 0 Å². The zero-order valence-corrected chi connectivity index (χ0v) is 10.7. The van der Waals surface area contributed by atoms with Crippen LogP contribution in [0.25, 0.3) is 0 Å². The van der Waals surface area contributed by atoms with Gasteiger partial charge in [-0.15, -0.1) is 0 Å². The number of nitrogens with zero attached hydrogens (tertiary/aromatic N) is 2. The van der Waals surface area contributed by atoms with Crippen molar-refractivity contribution in [2.45, 2.75) is 13.0 Å². The fourth-order valence-corrected chi connectivity index (χ4v) is 2.87. The molecule has 88 valence electrons. The van der Waals surface area contributed by atoms with Crippen LogP contribution >= 0.6 is 23.4 Å². The van der Waals surface area contributed by atoms with E-state index >= 15 is 0 Å². The van der Waals surface area contributed by atoms with E-state index in [0.717, 1.165) is 25.3 Å². The summed E-state index contributed by atoms with van der Waals surface area (Å²) in [5.74, 6) is 3.00. The van der Waals surface area contributed by atoms with Gasteiger partial charge in [0.15, 0.2) is 0 Å². The molecule has 2 N–H and O–H groups in total. The monoisotopic (exact) mass is 257 g/mol. The van der Waals surface area contributed by atoms with Crippen molar-refractivity contribution in [3.63, 3.8) is 0 Å². The van der Waals surface area contributed by atoms with Crippen molar-refractivity contribution in [2.24, 2.45) is 0 Å². The van der Waals surface area contributed by atoms with E-state index in [4.69, 9.17) is 17.3 Å². The summed E-state index contributed by atoms with van der Waals surface area (Å²) in [6.45, 7) is 3.04. The highest BCUT2D eigenvalue weighted by molar-refractivity contribution is 7.99. The van der Waals surface area contributed by atoms with Crippen LogP contribution in [0.3, 0.4) is 0 Å². The fourth-order valence-electron chi connectivity index (χ4n) is 1.78. The van der Waals surface area contributed by atoms with Gasteiger partial charge in [-0.2, -0.15) is 11.8 Å². The molecule has 0 radical (unpaired) electrons. The molecule has 5 heteroatoms. The SMILES string of the molecule is Nc1ccc(Cl)c(CN2CCCSCC2)n1. The summed E-state index contributed by atoms with van der Waals surface area (Å²) in [6.07, 6.45) is 1.24. The van der Waals surface area contributed by atoms with E-state index < -0.39 is 0 Å². The highest BCUT2D eigenvalue weighted by Crippen LogP contribution is 2.19. The Hall–Kier alpha value is -0.450. The Bertz CT molecular complexity index is 351. The van der Waals surface area contributed by atoms with Crippen molar-refractivity contribution >= 4 is 29.2 Å². The van der Waals surface area contributed by atoms with Crippen LogP contribution in [-0.2, 0) is 6.54 Å². The van der Waals surface area contributed by atoms with Crippen LogP contribution in [0.2, 0.25) is 5.02 Å². The largest absolute Gasteiger partial charge is 0.384 e. The van der Waals surface area contributed by atoms with Crippen LogP contribution in [0.4, 0.5) is 5.82 Å². The first kappa shape index (κ1) is 12.0. The Morgan fingerprint density at radius 3 is 3.12 bits per heavy atom. The number of thioether (sulfide) groups is 1. The number of nitrogens with two attached hydrogens (primary N) is 1. The number of pyridine rings is 1. The molecule has 0 aliphatic carbocycles. The smallest absolute Gasteiger partial charge is 0.123 e. The van der Waals surface area contributed by atoms with Crippen molar-refractivity contribution in [2.75, 3.05) is 30.3 Å². The molecule has 0 saturated carbocycles. The van der Waals surface area contributed by atoms with E-state index in [9.17, 15) is 0 Å². The maximum absolute atomic E-state index is 6.11. The summed E-state index contributed by atoms with van der Waals surface area (Å²) in [6, 6.07) is 3.57. The molecule has 16 heavy (non-hydrogen) atoms. The van der Waals surface area contributed by atoms with E-state index in [-0.39, 0.29) is 0 Å². The van der Waals surface area contributed by atoms with Crippen molar-refractivity contribution in [3.8, 4) is 0 Å². The molecule has 1 aliphatic rings. The van der Waals surface area contributed by atoms with Crippen LogP contribution in [0.1, 0.15) is 12.1 Å². The van der Waals surface area contributed by atoms with Crippen LogP contribution in [-0.4, -0.2) is 34.5 Å². The summed E-state index contributed by atoms with van der Waals surface area (Å²) < 4.78 is 0. The summed E-state index contributed by atoms with van der Waals surface area (Å²) in [5.41, 5.74) is 6.57. The number of anilines is 1. The highest BCUT2D eigenvalue weighted by Gasteiger charge is 2.12. The number of aromatic nitrogens is 1. The molecular formula is C11H16ClN3S. The third-order valence-electron chi connectivity index (χ3n) is 2.63. The summed E-state index contributed by atoms with van der Waals surface area (Å²) in [4.78, 5) is 6.69. The molecule has 2 heterocycles. The first-order chi connectivity index (χ1) is 7.75. The molecule has 1 saturated heterocycles. The highest BCUT2D eigenvalue weighted by atomic mass is 35.5. The van der Waals surface area contributed by atoms with E-state index in [2.05, 4.69) is 9.88 Å². The quantitative estimate of drug-likeness (QED) is 0.883. The predicted molar refractivity (Wildman–Crippen MR) is 70.9 cm³/mol. The van der Waals surface area contributed by atoms with Gasteiger partial charge in [-0.1, -0.05) is 11.6 Å². The standard InChI is InChI=1S/C11H16ClN3S/c12-9-2-3-11(13)14-10(9)8-15-4-1-6-16-7-5-15/h2-3H,1,4-8H2,(H2,13,14). The summed E-state index contributed by atoms with van der Waals surface area (Å²) >= 11 is 8.12. The maximum atomic E-state index is 6.11. The van der Waals surface area contributed by atoms with Gasteiger partial charge < -0.3 is 5.73 Å². The first-order valence-corrected chi connectivity index (χ1v) is 7.00. The van der Waals surface area contributed by atoms with Crippen molar-refractivity contribution < 1.29 is 0 Å². The van der Waals surface area contributed by atoms with Crippen LogP contribution in [0.15, 0.2) is 12.1 Å². The predicted octanol–water partition coefficient (Wildman–Crippen LogP) is 2.26. The van der Waals surface area contributed by atoms with E-state index in [1.54, 1.807) is 6.07 Å². The lowest BCUT2D eigenvalue weighted by Crippen LogP contribution is -2.26. The molecule has 1 aromatic heterocycles. The van der Waals surface area contributed by atoms with Crippen LogP contribution < -0.4 is 5.73 Å². The van der Waals surface area contributed by atoms with Crippen molar-refractivity contribution in [1.29, 1.82) is 0 Å². The van der Waals surface area contributed by atoms with Crippen LogP contribution in [0, 0.1) is 0 Å². The Balaban J connectivity index is 2.04. The molecule has 0 atom stereocenters. The van der Waals surface area contributed by atoms with E-state index in [1.807, 2.05) is 17.8 Å². The number of rotatable bonds is 2. The second-order valence-corrected chi connectivity index (χ2v) is 5.54. The molecule has 0 spiro atoms. The third kappa shape index (κ3) is 3.27. The van der Waals surface area contributed by atoms with Gasteiger partial charge in [0.1, 0.15) is 5.82 Å². The molecule has 0 aromatic carbocycles. The van der Waals surface area contributed by atoms with Gasteiger partial charge in [-0.3, -0.25) is 4.90 Å². The summed E-state index contributed by atoms with van der Waals surface area (Å²) in [5, 5.41) is 0.714. The molecule has 2 rings (SSSR count). The molecular weight excluding hydrogens is 242 g/mol. The molecule has 1 aromatic rings. The van der Waals surface area contributed by atoms with E-state index in [0.29, 0.717) is 10.8 Å². The van der Waals surface area contributed by atoms with Crippen molar-refractivity contribution in [3.05, 3.63) is 22.8 Å². The number of hydrogen-bond donors (Lipinski definition) is 1. The summed E-state index contributed by atoms with van der Waals surface area (Å²) in [7, 11) is 0. The molecule has 0 bridgehead atoms. The van der Waals surface area contributed by atoms with Gasteiger partial charge in [-0.25, -0.2) is 4.98 Å².